The van der Waals surface area contributed by atoms with Gasteiger partial charge in [-0.05, 0) is 41.3 Å². The van der Waals surface area contributed by atoms with Crippen molar-refractivity contribution >= 4 is 28.1 Å². The van der Waals surface area contributed by atoms with E-state index in [2.05, 4.69) is 41.3 Å². The van der Waals surface area contributed by atoms with E-state index in [1.54, 1.807) is 12.3 Å². The van der Waals surface area contributed by atoms with Crippen LogP contribution in [0.1, 0.15) is 30.9 Å². The molecule has 1 saturated heterocycles. The van der Waals surface area contributed by atoms with Crippen molar-refractivity contribution in [2.24, 2.45) is 0 Å². The average molecular weight is 493 g/mol. The Kier molecular flexibility index (Phi) is 7.87. The molecular formula is C26H28N4O4S. The number of anilines is 1. The second-order valence-corrected chi connectivity index (χ2v) is 9.52. The lowest BCUT2D eigenvalue weighted by atomic mass is 10.0. The van der Waals surface area contributed by atoms with Gasteiger partial charge < -0.3 is 19.7 Å². The molecular weight excluding hydrogens is 464 g/mol. The first-order valence-corrected chi connectivity index (χ1v) is 12.2. The zero-order valence-electron chi connectivity index (χ0n) is 19.9. The summed E-state index contributed by atoms with van der Waals surface area (Å²) in [6.45, 7) is 5.33. The number of hydrogen-bond donors (Lipinski definition) is 1. The lowest BCUT2D eigenvalue weighted by Crippen LogP contribution is -2.30. The first kappa shape index (κ1) is 24.5. The van der Waals surface area contributed by atoms with Crippen molar-refractivity contribution in [3.63, 3.8) is 0 Å². The molecule has 1 N–H and O–H groups in total. The average Bonchev–Trinajstić information content (AvgIpc) is 3.17. The van der Waals surface area contributed by atoms with Crippen LogP contribution >= 0.6 is 11.8 Å². The van der Waals surface area contributed by atoms with Crippen molar-refractivity contribution in [3.8, 4) is 17.4 Å². The highest BCUT2D eigenvalue weighted by Gasteiger charge is 2.31. The number of carbonyl (C=O) groups is 2. The van der Waals surface area contributed by atoms with Crippen LogP contribution in [0.3, 0.4) is 0 Å². The van der Waals surface area contributed by atoms with E-state index in [4.69, 9.17) is 9.47 Å². The van der Waals surface area contributed by atoms with Gasteiger partial charge in [0.2, 0.25) is 16.9 Å². The van der Waals surface area contributed by atoms with E-state index in [0.717, 1.165) is 28.8 Å². The molecule has 0 spiro atoms. The third kappa shape index (κ3) is 6.73. The van der Waals surface area contributed by atoms with Gasteiger partial charge in [0.25, 0.3) is 5.24 Å². The Balaban J connectivity index is 1.26. The summed E-state index contributed by atoms with van der Waals surface area (Å²) in [5.74, 6) is 2.94. The molecule has 1 aromatic heterocycles. The molecule has 35 heavy (non-hydrogen) atoms. The maximum atomic E-state index is 11.8. The Morgan fingerprint density at radius 1 is 1.03 bits per heavy atom. The smallest absolute Gasteiger partial charge is 0.287 e. The van der Waals surface area contributed by atoms with Crippen molar-refractivity contribution in [1.29, 1.82) is 0 Å². The summed E-state index contributed by atoms with van der Waals surface area (Å²) >= 11 is 0.729. The fourth-order valence-electron chi connectivity index (χ4n) is 3.50. The van der Waals surface area contributed by atoms with Gasteiger partial charge in [-0.25, -0.2) is 4.98 Å². The van der Waals surface area contributed by atoms with Crippen molar-refractivity contribution in [1.82, 2.24) is 15.3 Å². The molecule has 4 rings (SSSR count). The lowest BCUT2D eigenvalue weighted by molar-refractivity contribution is -0.112. The van der Waals surface area contributed by atoms with Gasteiger partial charge in [0.05, 0.1) is 6.54 Å². The Morgan fingerprint density at radius 2 is 1.74 bits per heavy atom. The molecule has 2 aromatic carbocycles. The van der Waals surface area contributed by atoms with E-state index >= 15 is 0 Å². The minimum absolute atomic E-state index is 0.140. The molecule has 3 aromatic rings. The number of nitrogens with one attached hydrogen (secondary N) is 1. The van der Waals surface area contributed by atoms with Gasteiger partial charge in [0, 0.05) is 37.5 Å². The van der Waals surface area contributed by atoms with Gasteiger partial charge in [0.15, 0.2) is 0 Å². The van der Waals surface area contributed by atoms with E-state index in [1.807, 2.05) is 48.3 Å². The molecule has 1 aliphatic heterocycles. The van der Waals surface area contributed by atoms with Crippen LogP contribution in [0, 0.1) is 0 Å². The third-order valence-electron chi connectivity index (χ3n) is 5.56. The fourth-order valence-corrected chi connectivity index (χ4v) is 4.17. The molecule has 1 fully saturated rings. The van der Waals surface area contributed by atoms with Crippen LogP contribution < -0.4 is 19.7 Å². The number of amides is 1. The van der Waals surface area contributed by atoms with E-state index in [0.29, 0.717) is 37.3 Å². The standard InChI is InChI=1S/C26H28N4O4S/c1-17(2)19-6-10-21(11-7-19)34-23-12-13-27-25(29-23)30(3)14-15-33-20-8-4-18(5-9-20)16-22-24(31)35-26(32)28-22/h4-13,17,22H,14-16H2,1-3H3,(H,28,32). The highest BCUT2D eigenvalue weighted by molar-refractivity contribution is 8.26. The molecule has 0 saturated carbocycles. The number of rotatable bonds is 10. The summed E-state index contributed by atoms with van der Waals surface area (Å²) < 4.78 is 11.7. The minimum atomic E-state index is -0.466. The van der Waals surface area contributed by atoms with E-state index in [9.17, 15) is 9.59 Å². The third-order valence-corrected chi connectivity index (χ3v) is 6.35. The first-order chi connectivity index (χ1) is 16.9. The monoisotopic (exact) mass is 492 g/mol. The molecule has 1 atom stereocenters. The molecule has 8 nitrogen and oxygen atoms in total. The van der Waals surface area contributed by atoms with Crippen LogP contribution in [-0.4, -0.2) is 46.6 Å². The van der Waals surface area contributed by atoms with Crippen LogP contribution in [-0.2, 0) is 11.2 Å². The predicted molar refractivity (Wildman–Crippen MR) is 136 cm³/mol. The van der Waals surface area contributed by atoms with Gasteiger partial charge in [-0.3, -0.25) is 9.59 Å². The SMILES string of the molecule is CC(C)c1ccc(Oc2ccnc(N(C)CCOc3ccc(CC4NC(=O)SC4=O)cc3)n2)cc1. The van der Waals surface area contributed by atoms with Crippen LogP contribution in [0.25, 0.3) is 0 Å². The molecule has 9 heteroatoms. The summed E-state index contributed by atoms with van der Waals surface area (Å²) in [5, 5.41) is 2.24. The van der Waals surface area contributed by atoms with E-state index in [1.165, 1.54) is 5.56 Å². The molecule has 0 aliphatic carbocycles. The van der Waals surface area contributed by atoms with Gasteiger partial charge in [-0.1, -0.05) is 38.1 Å². The topological polar surface area (TPSA) is 93.7 Å². The molecule has 0 bridgehead atoms. The van der Waals surface area contributed by atoms with Gasteiger partial charge in [-0.2, -0.15) is 4.98 Å². The number of thioether (sulfide) groups is 1. The van der Waals surface area contributed by atoms with Gasteiger partial charge in [-0.15, -0.1) is 0 Å². The highest BCUT2D eigenvalue weighted by Crippen LogP contribution is 2.24. The second kappa shape index (κ2) is 11.2. The molecule has 1 unspecified atom stereocenters. The predicted octanol–water partition coefficient (Wildman–Crippen LogP) is 4.80. The molecule has 182 valence electrons. The lowest BCUT2D eigenvalue weighted by Gasteiger charge is -2.18. The largest absolute Gasteiger partial charge is 0.492 e. The molecule has 1 amide bonds. The van der Waals surface area contributed by atoms with Gasteiger partial charge >= 0.3 is 0 Å². The maximum absolute atomic E-state index is 11.8. The Labute approximate surface area is 209 Å². The summed E-state index contributed by atoms with van der Waals surface area (Å²) in [6, 6.07) is 16.8. The Bertz CT molecular complexity index is 1170. The van der Waals surface area contributed by atoms with Crippen LogP contribution in [0.5, 0.6) is 17.4 Å². The zero-order valence-corrected chi connectivity index (χ0v) is 20.7. The quantitative estimate of drug-likeness (QED) is 0.431. The number of ether oxygens (including phenoxy) is 2. The number of hydrogen-bond acceptors (Lipinski definition) is 8. The summed E-state index contributed by atoms with van der Waals surface area (Å²) in [4.78, 5) is 33.8. The van der Waals surface area contributed by atoms with Crippen molar-refractivity contribution < 1.29 is 19.1 Å². The number of nitrogens with zero attached hydrogens (tertiary/aromatic N) is 3. The highest BCUT2D eigenvalue weighted by atomic mass is 32.2. The van der Waals surface area contributed by atoms with Crippen LogP contribution in [0.2, 0.25) is 0 Å². The van der Waals surface area contributed by atoms with E-state index < -0.39 is 6.04 Å². The Hall–Kier alpha value is -3.59. The molecule has 2 heterocycles. The molecule has 0 radical (unpaired) electrons. The first-order valence-electron chi connectivity index (χ1n) is 11.4. The second-order valence-electron chi connectivity index (χ2n) is 8.54. The van der Waals surface area contributed by atoms with Gasteiger partial charge in [0.1, 0.15) is 24.1 Å². The zero-order chi connectivity index (χ0) is 24.8. The van der Waals surface area contributed by atoms with Crippen molar-refractivity contribution in [3.05, 3.63) is 71.9 Å². The summed E-state index contributed by atoms with van der Waals surface area (Å²) in [7, 11) is 1.90. The van der Waals surface area contributed by atoms with E-state index in [-0.39, 0.29) is 10.4 Å². The Morgan fingerprint density at radius 3 is 2.40 bits per heavy atom. The normalized spacial score (nSPS) is 15.3. The summed E-state index contributed by atoms with van der Waals surface area (Å²) in [5.41, 5.74) is 2.21. The minimum Gasteiger partial charge on any atom is -0.492 e. The summed E-state index contributed by atoms with van der Waals surface area (Å²) in [6.07, 6.45) is 2.14. The number of aromatic nitrogens is 2. The van der Waals surface area contributed by atoms with Crippen LogP contribution in [0.4, 0.5) is 10.7 Å². The number of carbonyl (C=O) groups excluding carboxylic acids is 2. The maximum Gasteiger partial charge on any atom is 0.287 e. The molecule has 1 aliphatic rings. The van der Waals surface area contributed by atoms with Crippen molar-refractivity contribution in [2.75, 3.05) is 25.1 Å². The van der Waals surface area contributed by atoms with Crippen LogP contribution in [0.15, 0.2) is 60.8 Å². The fraction of sp³-hybridized carbons (Fsp3) is 0.308. The van der Waals surface area contributed by atoms with Crippen molar-refractivity contribution in [2.45, 2.75) is 32.2 Å². The number of likely N-dealkylation sites (N-methyl/N-ethyl adjacent to an activating group) is 1. The number of benzene rings is 2.